The molecule has 90 valence electrons. The number of nitrogen functional groups attached to an aromatic ring is 1. The number of aromatic nitrogens is 1. The van der Waals surface area contributed by atoms with Crippen LogP contribution in [0, 0.1) is 6.92 Å². The van der Waals surface area contributed by atoms with Crippen LogP contribution in [-0.2, 0) is 19.3 Å². The predicted molar refractivity (Wildman–Crippen MR) is 68.9 cm³/mol. The van der Waals surface area contributed by atoms with Crippen LogP contribution in [0.2, 0.25) is 0 Å². The molecule has 0 aliphatic rings. The van der Waals surface area contributed by atoms with Gasteiger partial charge in [-0.2, -0.15) is 4.98 Å². The molecular weight excluding hydrogens is 212 g/mol. The highest BCUT2D eigenvalue weighted by Gasteiger charge is 2.06. The van der Waals surface area contributed by atoms with Crippen molar-refractivity contribution < 1.29 is 4.42 Å². The smallest absolute Gasteiger partial charge is 0.292 e. The zero-order valence-corrected chi connectivity index (χ0v) is 10.4. The molecule has 0 amide bonds. The van der Waals surface area contributed by atoms with E-state index in [4.69, 9.17) is 10.2 Å². The number of benzene rings is 1. The molecule has 0 unspecified atom stereocenters. The van der Waals surface area contributed by atoms with Crippen molar-refractivity contribution in [3.63, 3.8) is 0 Å². The van der Waals surface area contributed by atoms with Gasteiger partial charge >= 0.3 is 0 Å². The van der Waals surface area contributed by atoms with Crippen LogP contribution < -0.4 is 5.73 Å². The second-order valence-electron chi connectivity index (χ2n) is 4.23. The average Bonchev–Trinajstić information content (AvgIpc) is 2.66. The molecule has 0 spiro atoms. The molecule has 1 heterocycles. The van der Waals surface area contributed by atoms with E-state index in [9.17, 15) is 0 Å². The molecule has 3 heteroatoms. The molecule has 0 aliphatic heterocycles. The van der Waals surface area contributed by atoms with E-state index in [1.54, 1.807) is 0 Å². The molecule has 2 aromatic rings. The maximum Gasteiger partial charge on any atom is 0.292 e. The number of hydrogen-bond acceptors (Lipinski definition) is 3. The molecule has 0 radical (unpaired) electrons. The van der Waals surface area contributed by atoms with E-state index in [0.29, 0.717) is 0 Å². The zero-order chi connectivity index (χ0) is 12.3. The van der Waals surface area contributed by atoms with Crippen LogP contribution in [0.1, 0.15) is 29.5 Å². The maximum absolute atomic E-state index is 5.51. The third kappa shape index (κ3) is 2.87. The number of oxazole rings is 1. The molecule has 0 atom stereocenters. The van der Waals surface area contributed by atoms with E-state index in [1.807, 2.05) is 6.92 Å². The van der Waals surface area contributed by atoms with Crippen LogP contribution in [0.25, 0.3) is 0 Å². The molecule has 0 saturated carbocycles. The van der Waals surface area contributed by atoms with Gasteiger partial charge in [-0.25, -0.2) is 0 Å². The van der Waals surface area contributed by atoms with Gasteiger partial charge in [0.25, 0.3) is 6.01 Å². The van der Waals surface area contributed by atoms with Gasteiger partial charge in [-0.1, -0.05) is 31.2 Å². The van der Waals surface area contributed by atoms with Crippen molar-refractivity contribution in [2.45, 2.75) is 33.1 Å². The Labute approximate surface area is 102 Å². The van der Waals surface area contributed by atoms with Gasteiger partial charge in [0, 0.05) is 0 Å². The summed E-state index contributed by atoms with van der Waals surface area (Å²) in [5.41, 5.74) is 9.16. The van der Waals surface area contributed by atoms with Crippen LogP contribution in [0.15, 0.2) is 28.7 Å². The van der Waals surface area contributed by atoms with Crippen molar-refractivity contribution in [2.24, 2.45) is 0 Å². The fourth-order valence-electron chi connectivity index (χ4n) is 1.89. The molecule has 1 aromatic heterocycles. The molecule has 2 N–H and O–H groups in total. The van der Waals surface area contributed by atoms with Gasteiger partial charge in [-0.15, -0.1) is 0 Å². The fraction of sp³-hybridized carbons (Fsp3) is 0.357. The Morgan fingerprint density at radius 3 is 2.29 bits per heavy atom. The molecule has 2 rings (SSSR count). The highest BCUT2D eigenvalue weighted by atomic mass is 16.4. The maximum atomic E-state index is 5.51. The van der Waals surface area contributed by atoms with Crippen molar-refractivity contribution in [1.82, 2.24) is 4.98 Å². The summed E-state index contributed by atoms with van der Waals surface area (Å²) in [6, 6.07) is 8.98. The topological polar surface area (TPSA) is 52.0 Å². The first-order valence-electron chi connectivity index (χ1n) is 5.98. The lowest BCUT2D eigenvalue weighted by Crippen LogP contribution is -1.94. The van der Waals surface area contributed by atoms with E-state index in [1.165, 1.54) is 11.1 Å². The average molecular weight is 230 g/mol. The number of aryl methyl sites for hydroxylation is 4. The van der Waals surface area contributed by atoms with Gasteiger partial charge in [-0.3, -0.25) is 0 Å². The monoisotopic (exact) mass is 230 g/mol. The Balaban J connectivity index is 1.99. The largest absolute Gasteiger partial charge is 0.429 e. The molecule has 0 saturated heterocycles. The lowest BCUT2D eigenvalue weighted by molar-refractivity contribution is 0.544. The molecule has 1 aromatic carbocycles. The van der Waals surface area contributed by atoms with Crippen molar-refractivity contribution >= 4 is 6.01 Å². The SMILES string of the molecule is CCc1ccc(CCc2nc(N)oc2C)cc1. The van der Waals surface area contributed by atoms with E-state index in [-0.39, 0.29) is 6.01 Å². The van der Waals surface area contributed by atoms with Gasteiger partial charge in [0.1, 0.15) is 5.76 Å². The quantitative estimate of drug-likeness (QED) is 0.878. The number of rotatable bonds is 4. The first-order valence-corrected chi connectivity index (χ1v) is 5.98. The summed E-state index contributed by atoms with van der Waals surface area (Å²) < 4.78 is 5.21. The number of hydrogen-bond donors (Lipinski definition) is 1. The van der Waals surface area contributed by atoms with Crippen molar-refractivity contribution in [2.75, 3.05) is 5.73 Å². The zero-order valence-electron chi connectivity index (χ0n) is 10.4. The summed E-state index contributed by atoms with van der Waals surface area (Å²) in [5.74, 6) is 0.827. The number of nitrogens with two attached hydrogens (primary N) is 1. The van der Waals surface area contributed by atoms with Crippen LogP contribution in [0.5, 0.6) is 0 Å². The van der Waals surface area contributed by atoms with Gasteiger partial charge in [0.05, 0.1) is 5.69 Å². The molecule has 17 heavy (non-hydrogen) atoms. The van der Waals surface area contributed by atoms with Gasteiger partial charge in [-0.05, 0) is 37.3 Å². The van der Waals surface area contributed by atoms with E-state index in [2.05, 4.69) is 36.2 Å². The van der Waals surface area contributed by atoms with E-state index in [0.717, 1.165) is 30.7 Å². The highest BCUT2D eigenvalue weighted by molar-refractivity contribution is 5.25. The van der Waals surface area contributed by atoms with Crippen LogP contribution in [0.3, 0.4) is 0 Å². The standard InChI is InChI=1S/C14H18N2O/c1-3-11-4-6-12(7-5-11)8-9-13-10(2)17-14(15)16-13/h4-7H,3,8-9H2,1-2H3,(H2,15,16). The summed E-state index contributed by atoms with van der Waals surface area (Å²) in [7, 11) is 0. The van der Waals surface area contributed by atoms with Crippen LogP contribution >= 0.6 is 0 Å². The van der Waals surface area contributed by atoms with E-state index < -0.39 is 0 Å². The second-order valence-corrected chi connectivity index (χ2v) is 4.23. The van der Waals surface area contributed by atoms with Gasteiger partial charge < -0.3 is 10.2 Å². The number of nitrogens with zero attached hydrogens (tertiary/aromatic N) is 1. The second kappa shape index (κ2) is 5.04. The first kappa shape index (κ1) is 11.7. The predicted octanol–water partition coefficient (Wildman–Crippen LogP) is 2.91. The third-order valence-corrected chi connectivity index (χ3v) is 2.99. The fourth-order valence-corrected chi connectivity index (χ4v) is 1.89. The van der Waals surface area contributed by atoms with Crippen molar-refractivity contribution in [3.8, 4) is 0 Å². The molecule has 0 bridgehead atoms. The Kier molecular flexibility index (Phi) is 3.47. The Morgan fingerprint density at radius 2 is 1.76 bits per heavy atom. The van der Waals surface area contributed by atoms with Crippen LogP contribution in [-0.4, -0.2) is 4.98 Å². The normalized spacial score (nSPS) is 10.7. The van der Waals surface area contributed by atoms with Crippen molar-refractivity contribution in [1.29, 1.82) is 0 Å². The summed E-state index contributed by atoms with van der Waals surface area (Å²) in [6.07, 6.45) is 2.92. The number of anilines is 1. The van der Waals surface area contributed by atoms with E-state index >= 15 is 0 Å². The highest BCUT2D eigenvalue weighted by Crippen LogP contribution is 2.14. The third-order valence-electron chi connectivity index (χ3n) is 2.99. The molecule has 3 nitrogen and oxygen atoms in total. The Bertz CT molecular complexity index is 485. The molecule has 0 fully saturated rings. The first-order chi connectivity index (χ1) is 8.19. The molecule has 0 aliphatic carbocycles. The molecular formula is C14H18N2O. The minimum absolute atomic E-state index is 0.263. The van der Waals surface area contributed by atoms with Crippen molar-refractivity contribution in [3.05, 3.63) is 46.8 Å². The van der Waals surface area contributed by atoms with Gasteiger partial charge in [0.15, 0.2) is 0 Å². The van der Waals surface area contributed by atoms with Gasteiger partial charge in [0.2, 0.25) is 0 Å². The lowest BCUT2D eigenvalue weighted by Gasteiger charge is -2.01. The minimum atomic E-state index is 0.263. The van der Waals surface area contributed by atoms with Crippen LogP contribution in [0.4, 0.5) is 6.01 Å². The summed E-state index contributed by atoms with van der Waals surface area (Å²) >= 11 is 0. The Morgan fingerprint density at radius 1 is 1.12 bits per heavy atom. The summed E-state index contributed by atoms with van der Waals surface area (Å²) in [4.78, 5) is 4.17. The summed E-state index contributed by atoms with van der Waals surface area (Å²) in [5, 5.41) is 0. The lowest BCUT2D eigenvalue weighted by atomic mass is 10.0. The minimum Gasteiger partial charge on any atom is -0.429 e. The Hall–Kier alpha value is -1.77. The summed E-state index contributed by atoms with van der Waals surface area (Å²) in [6.45, 7) is 4.06.